The highest BCUT2D eigenvalue weighted by atomic mass is 35.5. The summed E-state index contributed by atoms with van der Waals surface area (Å²) in [5.41, 5.74) is -1.34. The van der Waals surface area contributed by atoms with Crippen LogP contribution in [0.1, 0.15) is 18.1 Å². The first-order chi connectivity index (χ1) is 8.75. The van der Waals surface area contributed by atoms with Gasteiger partial charge in [0.25, 0.3) is 0 Å². The SMILES string of the molecule is CCOC(=O)C=Cc1cc(Cl)cc(Cl)c1C(F)(F)F. The van der Waals surface area contributed by atoms with Gasteiger partial charge in [-0.05, 0) is 30.7 Å². The third-order valence-electron chi connectivity index (χ3n) is 2.05. The van der Waals surface area contributed by atoms with Crippen molar-refractivity contribution >= 4 is 35.2 Å². The Morgan fingerprint density at radius 3 is 2.53 bits per heavy atom. The van der Waals surface area contributed by atoms with Crippen molar-refractivity contribution in [3.8, 4) is 0 Å². The minimum Gasteiger partial charge on any atom is -0.463 e. The predicted molar refractivity (Wildman–Crippen MR) is 67.1 cm³/mol. The highest BCUT2D eigenvalue weighted by Gasteiger charge is 2.35. The summed E-state index contributed by atoms with van der Waals surface area (Å²) >= 11 is 11.2. The summed E-state index contributed by atoms with van der Waals surface area (Å²) in [6.07, 6.45) is -2.78. The van der Waals surface area contributed by atoms with Crippen LogP contribution in [0.15, 0.2) is 18.2 Å². The van der Waals surface area contributed by atoms with Crippen molar-refractivity contribution in [2.24, 2.45) is 0 Å². The molecule has 0 amide bonds. The highest BCUT2D eigenvalue weighted by Crippen LogP contribution is 2.39. The van der Waals surface area contributed by atoms with Gasteiger partial charge in [-0.15, -0.1) is 0 Å². The number of ether oxygens (including phenoxy) is 1. The molecule has 0 radical (unpaired) electrons. The molecule has 0 N–H and O–H groups in total. The van der Waals surface area contributed by atoms with Gasteiger partial charge in [-0.2, -0.15) is 13.2 Å². The van der Waals surface area contributed by atoms with Gasteiger partial charge < -0.3 is 4.74 Å². The van der Waals surface area contributed by atoms with Gasteiger partial charge in [-0.25, -0.2) is 4.79 Å². The molecule has 0 saturated carbocycles. The highest BCUT2D eigenvalue weighted by molar-refractivity contribution is 6.35. The lowest BCUT2D eigenvalue weighted by Gasteiger charge is -2.12. The number of hydrogen-bond acceptors (Lipinski definition) is 2. The molecule has 0 atom stereocenters. The van der Waals surface area contributed by atoms with Gasteiger partial charge in [0.2, 0.25) is 0 Å². The third kappa shape index (κ3) is 4.44. The zero-order chi connectivity index (χ0) is 14.6. The van der Waals surface area contributed by atoms with Crippen LogP contribution in [-0.2, 0) is 15.7 Å². The predicted octanol–water partition coefficient (Wildman–Crippen LogP) is 4.59. The molecule has 0 aliphatic carbocycles. The molecule has 19 heavy (non-hydrogen) atoms. The quantitative estimate of drug-likeness (QED) is 0.603. The van der Waals surface area contributed by atoms with Crippen LogP contribution in [0, 0.1) is 0 Å². The molecule has 1 aromatic rings. The molecule has 1 aromatic carbocycles. The zero-order valence-electron chi connectivity index (χ0n) is 9.72. The molecular weight excluding hydrogens is 304 g/mol. The summed E-state index contributed by atoms with van der Waals surface area (Å²) in [6.45, 7) is 1.72. The molecule has 0 heterocycles. The lowest BCUT2D eigenvalue weighted by atomic mass is 10.1. The molecular formula is C12H9Cl2F3O2. The van der Waals surface area contributed by atoms with E-state index in [4.69, 9.17) is 23.2 Å². The van der Waals surface area contributed by atoms with Crippen molar-refractivity contribution in [2.45, 2.75) is 13.1 Å². The van der Waals surface area contributed by atoms with Crippen molar-refractivity contribution in [3.63, 3.8) is 0 Å². The topological polar surface area (TPSA) is 26.3 Å². The van der Waals surface area contributed by atoms with Gasteiger partial charge in [-0.1, -0.05) is 23.2 Å². The van der Waals surface area contributed by atoms with E-state index in [2.05, 4.69) is 4.74 Å². The second-order valence-corrected chi connectivity index (χ2v) is 4.28. The van der Waals surface area contributed by atoms with Gasteiger partial charge in [0.05, 0.1) is 17.2 Å². The Hall–Kier alpha value is -1.20. The Labute approximate surface area is 117 Å². The van der Waals surface area contributed by atoms with Crippen LogP contribution in [0.4, 0.5) is 13.2 Å². The van der Waals surface area contributed by atoms with E-state index < -0.39 is 22.7 Å². The summed E-state index contributed by atoms with van der Waals surface area (Å²) < 4.78 is 43.1. The summed E-state index contributed by atoms with van der Waals surface area (Å²) in [4.78, 5) is 11.1. The van der Waals surface area contributed by atoms with E-state index in [9.17, 15) is 18.0 Å². The van der Waals surface area contributed by atoms with Crippen LogP contribution in [0.2, 0.25) is 10.0 Å². The van der Waals surface area contributed by atoms with Crippen LogP contribution < -0.4 is 0 Å². The molecule has 0 saturated heterocycles. The first kappa shape index (κ1) is 15.9. The molecule has 104 valence electrons. The molecule has 0 aliphatic heterocycles. The molecule has 0 fully saturated rings. The Kier molecular flexibility index (Phi) is 5.26. The van der Waals surface area contributed by atoms with Crippen LogP contribution in [0.3, 0.4) is 0 Å². The molecule has 7 heteroatoms. The van der Waals surface area contributed by atoms with Crippen molar-refractivity contribution in [3.05, 3.63) is 39.4 Å². The Bertz CT molecular complexity index is 510. The number of hydrogen-bond donors (Lipinski definition) is 0. The molecule has 0 unspecified atom stereocenters. The first-order valence-electron chi connectivity index (χ1n) is 5.16. The van der Waals surface area contributed by atoms with Gasteiger partial charge in [0, 0.05) is 11.1 Å². The van der Waals surface area contributed by atoms with Gasteiger partial charge in [-0.3, -0.25) is 0 Å². The minimum absolute atomic E-state index is 0.0431. The first-order valence-corrected chi connectivity index (χ1v) is 5.92. The van der Waals surface area contributed by atoms with Gasteiger partial charge in [0.1, 0.15) is 0 Å². The standard InChI is InChI=1S/C12H9Cl2F3O2/c1-2-19-10(18)4-3-7-5-8(13)6-9(14)11(7)12(15,16)17/h3-6H,2H2,1H3. The number of carbonyl (C=O) groups is 1. The van der Waals surface area contributed by atoms with Crippen molar-refractivity contribution < 1.29 is 22.7 Å². The molecule has 0 aromatic heterocycles. The number of benzene rings is 1. The maximum Gasteiger partial charge on any atom is 0.418 e. The number of esters is 1. The van der Waals surface area contributed by atoms with Crippen LogP contribution in [-0.4, -0.2) is 12.6 Å². The maximum atomic E-state index is 12.8. The van der Waals surface area contributed by atoms with Gasteiger partial charge in [0.15, 0.2) is 0 Å². The van der Waals surface area contributed by atoms with Crippen molar-refractivity contribution in [1.82, 2.24) is 0 Å². The summed E-state index contributed by atoms with van der Waals surface area (Å²) in [6, 6.07) is 2.07. The zero-order valence-corrected chi connectivity index (χ0v) is 11.2. The fourth-order valence-corrected chi connectivity index (χ4v) is 1.99. The van der Waals surface area contributed by atoms with Crippen LogP contribution >= 0.6 is 23.2 Å². The Morgan fingerprint density at radius 2 is 2.00 bits per heavy atom. The molecule has 1 rings (SSSR count). The second-order valence-electron chi connectivity index (χ2n) is 3.43. The molecule has 0 bridgehead atoms. The minimum atomic E-state index is -4.64. The summed E-state index contributed by atoms with van der Waals surface area (Å²) in [7, 11) is 0. The average Bonchev–Trinajstić information content (AvgIpc) is 2.23. The summed E-state index contributed by atoms with van der Waals surface area (Å²) in [5.74, 6) is -0.744. The lowest BCUT2D eigenvalue weighted by Crippen LogP contribution is -2.09. The number of halogens is 5. The van der Waals surface area contributed by atoms with Crippen molar-refractivity contribution in [1.29, 1.82) is 0 Å². The fraction of sp³-hybridized carbons (Fsp3) is 0.250. The lowest BCUT2D eigenvalue weighted by molar-refractivity contribution is -0.138. The van der Waals surface area contributed by atoms with Crippen LogP contribution in [0.5, 0.6) is 0 Å². The number of carbonyl (C=O) groups excluding carboxylic acids is 1. The average molecular weight is 313 g/mol. The number of rotatable bonds is 3. The Morgan fingerprint density at radius 1 is 1.37 bits per heavy atom. The van der Waals surface area contributed by atoms with E-state index in [-0.39, 0.29) is 17.2 Å². The Balaban J connectivity index is 3.23. The van der Waals surface area contributed by atoms with E-state index in [0.717, 1.165) is 24.3 Å². The van der Waals surface area contributed by atoms with E-state index in [1.807, 2.05) is 0 Å². The van der Waals surface area contributed by atoms with Crippen molar-refractivity contribution in [2.75, 3.05) is 6.61 Å². The van der Waals surface area contributed by atoms with E-state index >= 15 is 0 Å². The summed E-state index contributed by atoms with van der Waals surface area (Å²) in [5, 5.41) is -0.481. The number of alkyl halides is 3. The van der Waals surface area contributed by atoms with Gasteiger partial charge >= 0.3 is 12.1 Å². The third-order valence-corrected chi connectivity index (χ3v) is 2.57. The van der Waals surface area contributed by atoms with E-state index in [0.29, 0.717) is 0 Å². The molecule has 2 nitrogen and oxygen atoms in total. The largest absolute Gasteiger partial charge is 0.463 e. The second kappa shape index (κ2) is 6.30. The van der Waals surface area contributed by atoms with E-state index in [1.54, 1.807) is 6.92 Å². The monoisotopic (exact) mass is 312 g/mol. The molecule has 0 aliphatic rings. The maximum absolute atomic E-state index is 12.8. The smallest absolute Gasteiger partial charge is 0.418 e. The fourth-order valence-electron chi connectivity index (χ4n) is 1.37. The van der Waals surface area contributed by atoms with Crippen LogP contribution in [0.25, 0.3) is 6.08 Å². The molecule has 0 spiro atoms. The normalized spacial score (nSPS) is 11.9. The van der Waals surface area contributed by atoms with E-state index in [1.165, 1.54) is 0 Å².